The van der Waals surface area contributed by atoms with Crippen molar-refractivity contribution in [3.63, 3.8) is 0 Å². The number of carbonyl (C=O) groups is 4. The summed E-state index contributed by atoms with van der Waals surface area (Å²) in [6.45, 7) is 15.5. The van der Waals surface area contributed by atoms with Gasteiger partial charge in [0.25, 0.3) is 0 Å². The molecule has 0 radical (unpaired) electrons. The van der Waals surface area contributed by atoms with Crippen LogP contribution in [-0.2, 0) is 28.5 Å². The van der Waals surface area contributed by atoms with Crippen molar-refractivity contribution in [1.82, 2.24) is 30.6 Å². The van der Waals surface area contributed by atoms with Crippen molar-refractivity contribution in [3.05, 3.63) is 71.6 Å². The molecule has 0 spiro atoms. The lowest BCUT2D eigenvalue weighted by Gasteiger charge is -2.28. The molecule has 0 aliphatic rings. The lowest BCUT2D eigenvalue weighted by molar-refractivity contribution is -0.144. The molecule has 2 aromatic carbocycles. The van der Waals surface area contributed by atoms with Gasteiger partial charge in [0.1, 0.15) is 23.7 Å². The molecule has 6 atom stereocenters. The maximum Gasteiger partial charge on any atom is 0.412 e. The average Bonchev–Trinajstić information content (AvgIpc) is 3.83. The Kier molecular flexibility index (Phi) is 14.7. The van der Waals surface area contributed by atoms with Gasteiger partial charge in [0, 0.05) is 19.8 Å². The number of nitrogens with zero attached hydrogens (tertiary/aromatic N) is 2. The van der Waals surface area contributed by atoms with Crippen molar-refractivity contribution >= 4 is 24.1 Å². The Morgan fingerprint density at radius 2 is 1.00 bits per heavy atom. The summed E-state index contributed by atoms with van der Waals surface area (Å²) >= 11 is 0. The molecule has 8 N–H and O–H groups in total. The quantitative estimate of drug-likeness (QED) is 0.0586. The maximum absolute atomic E-state index is 12.7. The second kappa shape index (κ2) is 18.9. The molecule has 0 saturated heterocycles. The molecule has 0 aliphatic heterocycles. The molecule has 0 unspecified atom stereocenters. The molecule has 0 fully saturated rings. The monoisotopic (exact) mass is 774 g/mol. The maximum atomic E-state index is 12.7. The molecule has 2 heterocycles. The predicted molar refractivity (Wildman–Crippen MR) is 210 cm³/mol. The summed E-state index contributed by atoms with van der Waals surface area (Å²) < 4.78 is 20.1. The zero-order valence-corrected chi connectivity index (χ0v) is 33.6. The van der Waals surface area contributed by atoms with E-state index in [4.69, 9.17) is 20.9 Å². The van der Waals surface area contributed by atoms with E-state index < -0.39 is 60.5 Å². The van der Waals surface area contributed by atoms with Gasteiger partial charge in [-0.15, -0.1) is 0 Å². The molecule has 0 bridgehead atoms. The third kappa shape index (κ3) is 10.3. The van der Waals surface area contributed by atoms with E-state index in [0.29, 0.717) is 11.6 Å². The minimum absolute atomic E-state index is 0.00230. The first-order valence-corrected chi connectivity index (χ1v) is 18.4. The number of ether oxygens (including phenoxy) is 4. The minimum atomic E-state index is -1.19. The number of benzene rings is 2. The molecule has 0 saturated carbocycles. The predicted octanol–water partition coefficient (Wildman–Crippen LogP) is 5.37. The second-order valence-electron chi connectivity index (χ2n) is 14.4. The number of aromatic amines is 2. The Bertz CT molecular complexity index is 1990. The Morgan fingerprint density at radius 3 is 1.43 bits per heavy atom. The van der Waals surface area contributed by atoms with E-state index in [9.17, 15) is 19.2 Å². The number of primary amides is 2. The van der Waals surface area contributed by atoms with E-state index in [1.54, 1.807) is 26.2 Å². The van der Waals surface area contributed by atoms with Crippen molar-refractivity contribution in [2.45, 2.75) is 91.8 Å². The summed E-state index contributed by atoms with van der Waals surface area (Å²) in [7, 11) is 2.93. The first-order chi connectivity index (χ1) is 26.5. The smallest absolute Gasteiger partial charge is 0.379 e. The number of aromatic nitrogens is 4. The normalized spacial score (nSPS) is 14.9. The molecule has 2 amide bonds. The fourth-order valence-corrected chi connectivity index (χ4v) is 6.48. The van der Waals surface area contributed by atoms with Crippen LogP contribution in [-0.4, -0.2) is 82.6 Å². The number of methoxy groups -OCH3 is 2. The highest BCUT2D eigenvalue weighted by atomic mass is 16.6. The summed E-state index contributed by atoms with van der Waals surface area (Å²) in [5.41, 5.74) is 17.9. The third-order valence-electron chi connectivity index (χ3n) is 10.0. The largest absolute Gasteiger partial charge is 0.412 e. The summed E-state index contributed by atoms with van der Waals surface area (Å²) in [6, 6.07) is 9.52. The minimum Gasteiger partial charge on any atom is -0.379 e. The molecular weight excluding hydrogens is 720 g/mol. The van der Waals surface area contributed by atoms with Gasteiger partial charge >= 0.3 is 24.1 Å². The van der Waals surface area contributed by atoms with Gasteiger partial charge in [-0.2, -0.15) is 0 Å². The Balaban J connectivity index is 1.55. The van der Waals surface area contributed by atoms with Crippen LogP contribution in [0.25, 0.3) is 33.6 Å². The van der Waals surface area contributed by atoms with Gasteiger partial charge in [0.05, 0.1) is 48.1 Å². The Morgan fingerprint density at radius 1 is 0.607 bits per heavy atom. The summed E-state index contributed by atoms with van der Waals surface area (Å²) in [5.74, 6) is -0.466. The number of nitrogens with two attached hydrogens (primary N) is 2. The second-order valence-corrected chi connectivity index (χ2v) is 14.4. The summed E-state index contributed by atoms with van der Waals surface area (Å²) in [4.78, 5) is 64.1. The lowest BCUT2D eigenvalue weighted by Crippen LogP contribution is -2.50. The van der Waals surface area contributed by atoms with E-state index >= 15 is 0 Å². The summed E-state index contributed by atoms with van der Waals surface area (Å²) in [6.07, 6.45) is -0.0995. The molecule has 0 aliphatic carbocycles. The number of amides is 2. The molecule has 16 nitrogen and oxygen atoms in total. The molecule has 2 aromatic heterocycles. The van der Waals surface area contributed by atoms with E-state index in [2.05, 4.69) is 78.2 Å². The Hall–Kier alpha value is -5.42. The molecule has 302 valence electrons. The fourth-order valence-electron chi connectivity index (χ4n) is 6.48. The SMILES string of the molecule is CO[C@H](C)[C@H](N[C@H](c1ncc(-c2ccc(-c3ccc(-c4cnc([C@H](N[C@H](C(=O)OC(N)=O)[C@@H](C)OC)C(C)C)[nH]4)cc3)c(C)c2C)[nH]1)C(C)C)C(=O)OC(N)=O. The van der Waals surface area contributed by atoms with Gasteiger partial charge < -0.3 is 40.4 Å². The van der Waals surface area contributed by atoms with E-state index in [-0.39, 0.29) is 11.8 Å². The number of hydrogen-bond donors (Lipinski definition) is 6. The zero-order valence-electron chi connectivity index (χ0n) is 33.6. The van der Waals surface area contributed by atoms with Gasteiger partial charge in [-0.1, -0.05) is 64.1 Å². The fraction of sp³-hybridized carbons (Fsp3) is 0.450. The zero-order chi connectivity index (χ0) is 41.4. The van der Waals surface area contributed by atoms with Crippen molar-refractivity contribution in [2.75, 3.05) is 14.2 Å². The van der Waals surface area contributed by atoms with Crippen LogP contribution in [0, 0.1) is 25.7 Å². The van der Waals surface area contributed by atoms with Gasteiger partial charge in [-0.3, -0.25) is 10.6 Å². The third-order valence-corrected chi connectivity index (χ3v) is 10.0. The van der Waals surface area contributed by atoms with Crippen LogP contribution < -0.4 is 22.1 Å². The van der Waals surface area contributed by atoms with Crippen LogP contribution in [0.1, 0.15) is 76.4 Å². The van der Waals surface area contributed by atoms with Crippen LogP contribution in [0.2, 0.25) is 0 Å². The van der Waals surface area contributed by atoms with Gasteiger partial charge in [0.2, 0.25) is 0 Å². The number of imidazole rings is 2. The van der Waals surface area contributed by atoms with Gasteiger partial charge in [-0.05, 0) is 67.3 Å². The number of hydrogen-bond acceptors (Lipinski definition) is 12. The highest BCUT2D eigenvalue weighted by molar-refractivity contribution is 5.88. The van der Waals surface area contributed by atoms with Crippen LogP contribution in [0.4, 0.5) is 9.59 Å². The number of carbonyl (C=O) groups excluding carboxylic acids is 4. The first kappa shape index (κ1) is 43.3. The molecule has 56 heavy (non-hydrogen) atoms. The van der Waals surface area contributed by atoms with Crippen LogP contribution in [0.5, 0.6) is 0 Å². The number of H-pyrrole nitrogens is 2. The topological polar surface area (TPSA) is 239 Å². The standard InChI is InChI=1S/C40H54N8O8/c1-19(2)31(47-33(23(7)53-9)37(49)55-39(41)51)35-43-17-29(45-35)26-13-11-25(12-14-26)27-15-16-28(22(6)21(27)5)30-18-44-36(46-30)32(20(3)4)48-34(24(8)54-10)38(50)56-40(42)52/h11-20,23-24,31-34,47-48H,1-10H3,(H2,41,51)(H2,42,52)(H,43,45)(H,44,46)/t23-,24-,31-,32+,33+,34+/m1/s1. The van der Waals surface area contributed by atoms with Gasteiger partial charge in [-0.25, -0.2) is 29.1 Å². The van der Waals surface area contributed by atoms with Crippen molar-refractivity contribution < 1.29 is 38.1 Å². The van der Waals surface area contributed by atoms with Crippen molar-refractivity contribution in [1.29, 1.82) is 0 Å². The van der Waals surface area contributed by atoms with E-state index in [1.165, 1.54) is 14.2 Å². The molecule has 4 rings (SSSR count). The highest BCUT2D eigenvalue weighted by Gasteiger charge is 2.34. The van der Waals surface area contributed by atoms with E-state index in [0.717, 1.165) is 44.8 Å². The first-order valence-electron chi connectivity index (χ1n) is 18.4. The number of rotatable bonds is 17. The average molecular weight is 775 g/mol. The summed E-state index contributed by atoms with van der Waals surface area (Å²) in [5, 5.41) is 6.49. The van der Waals surface area contributed by atoms with Crippen molar-refractivity contribution in [3.8, 4) is 33.6 Å². The number of esters is 2. The lowest BCUT2D eigenvalue weighted by atomic mass is 9.92. The molecular formula is C40H54N8O8. The van der Waals surface area contributed by atoms with Crippen LogP contribution in [0.15, 0.2) is 48.8 Å². The molecule has 4 aromatic rings. The van der Waals surface area contributed by atoms with Gasteiger partial charge in [0.15, 0.2) is 0 Å². The van der Waals surface area contributed by atoms with E-state index in [1.807, 2.05) is 39.8 Å². The van der Waals surface area contributed by atoms with Crippen LogP contribution in [0.3, 0.4) is 0 Å². The van der Waals surface area contributed by atoms with Crippen molar-refractivity contribution in [2.24, 2.45) is 23.3 Å². The highest BCUT2D eigenvalue weighted by Crippen LogP contribution is 2.34. The number of nitrogens with one attached hydrogen (secondary N) is 4. The Labute approximate surface area is 326 Å². The molecule has 16 heteroatoms. The van der Waals surface area contributed by atoms with Crippen LogP contribution >= 0.6 is 0 Å².